The highest BCUT2D eigenvalue weighted by atomic mass is 79.9. The van der Waals surface area contributed by atoms with E-state index in [0.717, 1.165) is 12.1 Å². The Morgan fingerprint density at radius 1 is 1.30 bits per heavy atom. The maximum Gasteiger partial charge on any atom is 0.416 e. The molecule has 0 aromatic heterocycles. The molecule has 1 aromatic carbocycles. The minimum atomic E-state index is -4.33. The maximum absolute atomic E-state index is 12.3. The number of nitrogens with zero attached hydrogens (tertiary/aromatic N) is 2. The van der Waals surface area contributed by atoms with Gasteiger partial charge in [0.1, 0.15) is 0 Å². The van der Waals surface area contributed by atoms with E-state index in [9.17, 15) is 13.2 Å². The van der Waals surface area contributed by atoms with Gasteiger partial charge in [-0.3, -0.25) is 0 Å². The van der Waals surface area contributed by atoms with Crippen molar-refractivity contribution < 1.29 is 13.2 Å². The number of thioether (sulfide) groups is 1. The Bertz CT molecular complexity index is 484. The fourth-order valence-electron chi connectivity index (χ4n) is 1.08. The molecule has 0 atom stereocenters. The summed E-state index contributed by atoms with van der Waals surface area (Å²) in [6, 6.07) is 4.60. The first kappa shape index (κ1) is 18.7. The van der Waals surface area contributed by atoms with Crippen molar-refractivity contribution in [2.45, 2.75) is 6.18 Å². The molecule has 0 saturated carbocycles. The second kappa shape index (κ2) is 8.80. The number of hydrogen-bond acceptors (Lipinski definition) is 3. The third-order valence-electron chi connectivity index (χ3n) is 1.95. The van der Waals surface area contributed by atoms with E-state index in [1.165, 1.54) is 30.1 Å². The molecule has 2 N–H and O–H groups in total. The van der Waals surface area contributed by atoms with Crippen molar-refractivity contribution in [3.8, 4) is 0 Å². The molecule has 3 nitrogen and oxygen atoms in total. The minimum absolute atomic E-state index is 0. The maximum atomic E-state index is 12.3. The highest BCUT2D eigenvalue weighted by molar-refractivity contribution is 8.93. The van der Waals surface area contributed by atoms with Crippen molar-refractivity contribution in [3.05, 3.63) is 48.0 Å². The number of nitrogens with two attached hydrogens (primary N) is 1. The number of benzene rings is 1. The van der Waals surface area contributed by atoms with Crippen LogP contribution in [0.2, 0.25) is 0 Å². The monoisotopic (exact) mass is 367 g/mol. The summed E-state index contributed by atoms with van der Waals surface area (Å²) in [6.07, 6.45) is -1.33. The Balaban J connectivity index is 0.00000361. The SMILES string of the molecule is Br.C=CCS/C(N)=N\N=C\c1ccc(C(F)(F)F)cc1. The fourth-order valence-corrected chi connectivity index (χ4v) is 1.48. The minimum Gasteiger partial charge on any atom is -0.377 e. The van der Waals surface area contributed by atoms with Crippen LogP contribution in [0.1, 0.15) is 11.1 Å². The second-order valence-electron chi connectivity index (χ2n) is 3.40. The number of alkyl halides is 3. The van der Waals surface area contributed by atoms with Gasteiger partial charge in [0.2, 0.25) is 0 Å². The molecule has 0 aliphatic rings. The van der Waals surface area contributed by atoms with E-state index in [2.05, 4.69) is 16.8 Å². The summed E-state index contributed by atoms with van der Waals surface area (Å²) in [6.45, 7) is 3.53. The van der Waals surface area contributed by atoms with Crippen molar-refractivity contribution in [2.75, 3.05) is 5.75 Å². The first-order chi connectivity index (χ1) is 8.93. The normalized spacial score (nSPS) is 12.2. The lowest BCUT2D eigenvalue weighted by molar-refractivity contribution is -0.137. The Morgan fingerprint density at radius 3 is 2.40 bits per heavy atom. The summed E-state index contributed by atoms with van der Waals surface area (Å²) in [4.78, 5) is 0. The van der Waals surface area contributed by atoms with Gasteiger partial charge in [0.25, 0.3) is 0 Å². The van der Waals surface area contributed by atoms with Crippen LogP contribution in [0.25, 0.3) is 0 Å². The van der Waals surface area contributed by atoms with E-state index in [0.29, 0.717) is 11.3 Å². The van der Waals surface area contributed by atoms with Gasteiger partial charge in [-0.2, -0.15) is 18.3 Å². The number of rotatable bonds is 4. The van der Waals surface area contributed by atoms with Gasteiger partial charge in [0.15, 0.2) is 5.17 Å². The predicted octanol–water partition coefficient (Wildman–Crippen LogP) is 3.85. The highest BCUT2D eigenvalue weighted by Crippen LogP contribution is 2.28. The number of amidine groups is 1. The third-order valence-corrected chi connectivity index (χ3v) is 2.73. The lowest BCUT2D eigenvalue weighted by Crippen LogP contribution is -2.06. The van der Waals surface area contributed by atoms with Gasteiger partial charge < -0.3 is 5.73 Å². The summed E-state index contributed by atoms with van der Waals surface area (Å²) in [5.74, 6) is 0.616. The van der Waals surface area contributed by atoms with Crippen LogP contribution < -0.4 is 5.73 Å². The first-order valence-corrected chi connectivity index (χ1v) is 6.19. The van der Waals surface area contributed by atoms with Gasteiger partial charge in [0, 0.05) is 5.75 Å². The molecular formula is C12H13BrF3N3S. The summed E-state index contributed by atoms with van der Waals surface area (Å²) in [7, 11) is 0. The molecule has 0 spiro atoms. The second-order valence-corrected chi connectivity index (χ2v) is 4.44. The van der Waals surface area contributed by atoms with Gasteiger partial charge >= 0.3 is 6.18 Å². The molecule has 0 aliphatic heterocycles. The van der Waals surface area contributed by atoms with E-state index >= 15 is 0 Å². The molecule has 0 fully saturated rings. The van der Waals surface area contributed by atoms with E-state index < -0.39 is 11.7 Å². The number of halogens is 4. The average Bonchev–Trinajstić information content (AvgIpc) is 2.36. The topological polar surface area (TPSA) is 50.7 Å². The van der Waals surface area contributed by atoms with E-state index in [4.69, 9.17) is 5.73 Å². The van der Waals surface area contributed by atoms with Crippen molar-refractivity contribution in [1.29, 1.82) is 0 Å². The average molecular weight is 368 g/mol. The smallest absolute Gasteiger partial charge is 0.377 e. The van der Waals surface area contributed by atoms with Crippen molar-refractivity contribution >= 4 is 40.1 Å². The molecule has 0 bridgehead atoms. The van der Waals surface area contributed by atoms with Gasteiger partial charge in [-0.15, -0.1) is 28.7 Å². The zero-order valence-electron chi connectivity index (χ0n) is 10.3. The standard InChI is InChI=1S/C12H12F3N3S.BrH/c1-2-7-19-11(16)18-17-8-9-3-5-10(6-4-9)12(13,14)15;/h2-6,8H,1,7H2,(H2,16,18);1H/b17-8+;. The van der Waals surface area contributed by atoms with Crippen LogP contribution in [0, 0.1) is 0 Å². The van der Waals surface area contributed by atoms with Crippen LogP contribution in [-0.2, 0) is 6.18 Å². The van der Waals surface area contributed by atoms with Crippen molar-refractivity contribution in [2.24, 2.45) is 15.9 Å². The van der Waals surface area contributed by atoms with E-state index in [1.54, 1.807) is 6.08 Å². The third kappa shape index (κ3) is 6.76. The van der Waals surface area contributed by atoms with Crippen LogP contribution in [0.3, 0.4) is 0 Å². The van der Waals surface area contributed by atoms with E-state index in [-0.39, 0.29) is 22.1 Å². The van der Waals surface area contributed by atoms with Gasteiger partial charge in [0.05, 0.1) is 11.8 Å². The zero-order chi connectivity index (χ0) is 14.3. The molecule has 20 heavy (non-hydrogen) atoms. The van der Waals surface area contributed by atoms with Crippen LogP contribution in [0.15, 0.2) is 47.1 Å². The molecule has 0 amide bonds. The lowest BCUT2D eigenvalue weighted by Gasteiger charge is -2.05. The Morgan fingerprint density at radius 2 is 1.90 bits per heavy atom. The zero-order valence-corrected chi connectivity index (χ0v) is 12.8. The van der Waals surface area contributed by atoms with Gasteiger partial charge in [-0.1, -0.05) is 30.0 Å². The quantitative estimate of drug-likeness (QED) is 0.380. The molecule has 0 saturated heterocycles. The van der Waals surface area contributed by atoms with Crippen LogP contribution in [-0.4, -0.2) is 17.1 Å². The van der Waals surface area contributed by atoms with Crippen LogP contribution in [0.4, 0.5) is 13.2 Å². The van der Waals surface area contributed by atoms with Crippen LogP contribution >= 0.6 is 28.7 Å². The Hall–Kier alpha value is -1.28. The molecule has 1 rings (SSSR count). The molecule has 0 heterocycles. The summed E-state index contributed by atoms with van der Waals surface area (Å²) in [5.41, 5.74) is 5.32. The number of hydrogen-bond donors (Lipinski definition) is 1. The summed E-state index contributed by atoms with van der Waals surface area (Å²) >= 11 is 1.26. The highest BCUT2D eigenvalue weighted by Gasteiger charge is 2.29. The summed E-state index contributed by atoms with van der Waals surface area (Å²) < 4.78 is 36.9. The van der Waals surface area contributed by atoms with Gasteiger partial charge in [-0.05, 0) is 17.7 Å². The molecule has 0 unspecified atom stereocenters. The predicted molar refractivity (Wildman–Crippen MR) is 83.6 cm³/mol. The largest absolute Gasteiger partial charge is 0.416 e. The molecule has 0 aliphatic carbocycles. The Kier molecular flexibility index (Phi) is 8.24. The van der Waals surface area contributed by atoms with Crippen molar-refractivity contribution in [1.82, 2.24) is 0 Å². The van der Waals surface area contributed by atoms with Gasteiger partial charge in [-0.25, -0.2) is 0 Å². The molecular weight excluding hydrogens is 355 g/mol. The lowest BCUT2D eigenvalue weighted by atomic mass is 10.1. The molecule has 110 valence electrons. The molecule has 0 radical (unpaired) electrons. The summed E-state index contributed by atoms with van der Waals surface area (Å²) in [5, 5.41) is 7.64. The Labute approximate surface area is 129 Å². The van der Waals surface area contributed by atoms with Crippen molar-refractivity contribution in [3.63, 3.8) is 0 Å². The molecule has 1 aromatic rings. The first-order valence-electron chi connectivity index (χ1n) is 5.21. The molecule has 8 heteroatoms. The van der Waals surface area contributed by atoms with Crippen LogP contribution in [0.5, 0.6) is 0 Å². The van der Waals surface area contributed by atoms with E-state index in [1.807, 2.05) is 0 Å². The fraction of sp³-hybridized carbons (Fsp3) is 0.167.